The molecule has 10 heteroatoms. The number of carbonyl (C=O) groups excluding carboxylic acids is 1. The fourth-order valence-electron chi connectivity index (χ4n) is 3.13. The monoisotopic (exact) mass is 396 g/mol. The summed E-state index contributed by atoms with van der Waals surface area (Å²) in [5, 5.41) is 14.0. The molecular formula is C15H28N2O6S2. The molecule has 1 saturated carbocycles. The molecule has 0 spiro atoms. The molecule has 8 nitrogen and oxygen atoms in total. The third kappa shape index (κ3) is 8.28. The summed E-state index contributed by atoms with van der Waals surface area (Å²) in [4.78, 5) is 23.4. The molecule has 0 aromatic rings. The van der Waals surface area contributed by atoms with Crippen LogP contribution in [0.2, 0.25) is 0 Å². The number of nitrogens with one attached hydrogen (secondary N) is 2. The molecule has 0 unspecified atom stereocenters. The topological polar surface area (TPSA) is 122 Å². The summed E-state index contributed by atoms with van der Waals surface area (Å²) < 4.78 is 28.7. The Balaban J connectivity index is 2.79. The Kier molecular flexibility index (Phi) is 9.01. The maximum atomic E-state index is 12.5. The van der Waals surface area contributed by atoms with E-state index in [0.29, 0.717) is 25.0 Å². The molecule has 0 bridgehead atoms. The molecule has 1 aliphatic rings. The highest BCUT2D eigenvalue weighted by atomic mass is 32.2. The molecule has 0 aliphatic heterocycles. The molecule has 0 aromatic heterocycles. The molecule has 1 rings (SSSR count). The molecule has 0 aromatic carbocycles. The Bertz CT molecular complexity index is 554. The number of amides is 2. The number of carbonyl (C=O) groups is 2. The van der Waals surface area contributed by atoms with Crippen LogP contribution in [0.1, 0.15) is 25.7 Å². The molecule has 1 aliphatic carbocycles. The van der Waals surface area contributed by atoms with Crippen LogP contribution in [0.15, 0.2) is 0 Å². The van der Waals surface area contributed by atoms with Crippen LogP contribution < -0.4 is 10.6 Å². The SMILES string of the molecule is CO[C@@H]1CC[C@H](NC(=O)[C@H](CCSC)NC(=O)O)[C@H](CS(C)(=O)=O)C1. The number of hydrogen-bond acceptors (Lipinski definition) is 6. The van der Waals surface area contributed by atoms with Crippen molar-refractivity contribution in [2.75, 3.05) is 31.1 Å². The molecule has 3 N–H and O–H groups in total. The van der Waals surface area contributed by atoms with Gasteiger partial charge in [0, 0.05) is 19.4 Å². The van der Waals surface area contributed by atoms with Crippen LogP contribution in [-0.4, -0.2) is 74.8 Å². The van der Waals surface area contributed by atoms with Gasteiger partial charge in [-0.2, -0.15) is 11.8 Å². The van der Waals surface area contributed by atoms with E-state index in [1.807, 2.05) is 6.26 Å². The Morgan fingerprint density at radius 2 is 2.04 bits per heavy atom. The van der Waals surface area contributed by atoms with Crippen LogP contribution in [-0.2, 0) is 19.4 Å². The molecule has 0 heterocycles. The van der Waals surface area contributed by atoms with Gasteiger partial charge in [-0.1, -0.05) is 0 Å². The first kappa shape index (κ1) is 22.0. The van der Waals surface area contributed by atoms with Gasteiger partial charge >= 0.3 is 6.09 Å². The lowest BCUT2D eigenvalue weighted by molar-refractivity contribution is -0.124. The molecular weight excluding hydrogens is 368 g/mol. The van der Waals surface area contributed by atoms with E-state index in [0.717, 1.165) is 6.42 Å². The first-order valence-corrected chi connectivity index (χ1v) is 11.6. The fourth-order valence-corrected chi connectivity index (χ4v) is 4.75. The van der Waals surface area contributed by atoms with Crippen LogP contribution in [0.5, 0.6) is 0 Å². The van der Waals surface area contributed by atoms with Gasteiger partial charge in [-0.25, -0.2) is 13.2 Å². The zero-order chi connectivity index (χ0) is 19.0. The van der Waals surface area contributed by atoms with Crippen molar-refractivity contribution in [3.63, 3.8) is 0 Å². The van der Waals surface area contributed by atoms with Crippen molar-refractivity contribution < 1.29 is 27.9 Å². The average molecular weight is 397 g/mol. The quantitative estimate of drug-likeness (QED) is 0.525. The molecule has 4 atom stereocenters. The normalized spacial score (nSPS) is 25.2. The first-order chi connectivity index (χ1) is 11.7. The summed E-state index contributed by atoms with van der Waals surface area (Å²) in [6.45, 7) is 0. The number of thioether (sulfide) groups is 1. The van der Waals surface area contributed by atoms with E-state index in [4.69, 9.17) is 9.84 Å². The molecule has 146 valence electrons. The van der Waals surface area contributed by atoms with Crippen LogP contribution in [0, 0.1) is 5.92 Å². The minimum Gasteiger partial charge on any atom is -0.465 e. The van der Waals surface area contributed by atoms with Crippen molar-refractivity contribution >= 4 is 33.6 Å². The van der Waals surface area contributed by atoms with Gasteiger partial charge in [0.15, 0.2) is 0 Å². The molecule has 2 amide bonds. The van der Waals surface area contributed by atoms with E-state index < -0.39 is 27.9 Å². The third-order valence-electron chi connectivity index (χ3n) is 4.34. The summed E-state index contributed by atoms with van der Waals surface area (Å²) in [5.41, 5.74) is 0. The van der Waals surface area contributed by atoms with Crippen LogP contribution in [0.3, 0.4) is 0 Å². The second-order valence-corrected chi connectivity index (χ2v) is 9.59. The standard InChI is InChI=1S/C15H28N2O6S2/c1-23-11-4-5-12(10(8-11)9-25(3,21)22)16-14(18)13(6-7-24-2)17-15(19)20/h10-13,17H,4-9H2,1-3H3,(H,16,18)(H,19,20)/t10-,11+,12-,13-/m0/s1. The molecule has 1 fully saturated rings. The van der Waals surface area contributed by atoms with Gasteiger partial charge < -0.3 is 20.5 Å². The van der Waals surface area contributed by atoms with Gasteiger partial charge in [-0.3, -0.25) is 4.79 Å². The highest BCUT2D eigenvalue weighted by molar-refractivity contribution is 7.98. The maximum absolute atomic E-state index is 12.5. The summed E-state index contributed by atoms with van der Waals surface area (Å²) >= 11 is 1.52. The summed E-state index contributed by atoms with van der Waals surface area (Å²) in [6.07, 6.45) is 4.04. The lowest BCUT2D eigenvalue weighted by atomic mass is 9.83. The number of methoxy groups -OCH3 is 1. The van der Waals surface area contributed by atoms with Crippen LogP contribution >= 0.6 is 11.8 Å². The highest BCUT2D eigenvalue weighted by Gasteiger charge is 2.35. The number of carboxylic acid groups (broad SMARTS) is 1. The van der Waals surface area contributed by atoms with E-state index in [1.54, 1.807) is 7.11 Å². The molecule has 25 heavy (non-hydrogen) atoms. The second-order valence-electron chi connectivity index (χ2n) is 6.42. The van der Waals surface area contributed by atoms with Gasteiger partial charge in [0.25, 0.3) is 0 Å². The largest absolute Gasteiger partial charge is 0.465 e. The number of hydrogen-bond donors (Lipinski definition) is 3. The van der Waals surface area contributed by atoms with Crippen molar-refractivity contribution in [1.82, 2.24) is 10.6 Å². The van der Waals surface area contributed by atoms with Crippen molar-refractivity contribution in [1.29, 1.82) is 0 Å². The van der Waals surface area contributed by atoms with Crippen LogP contribution in [0.25, 0.3) is 0 Å². The molecule has 0 radical (unpaired) electrons. The van der Waals surface area contributed by atoms with Crippen molar-refractivity contribution in [2.24, 2.45) is 5.92 Å². The fraction of sp³-hybridized carbons (Fsp3) is 0.867. The summed E-state index contributed by atoms with van der Waals surface area (Å²) in [7, 11) is -1.60. The second kappa shape index (κ2) is 10.2. The Hall–Kier alpha value is -1.00. The zero-order valence-corrected chi connectivity index (χ0v) is 16.5. The summed E-state index contributed by atoms with van der Waals surface area (Å²) in [5.74, 6) is -0.0409. The Morgan fingerprint density at radius 1 is 1.36 bits per heavy atom. The lowest BCUT2D eigenvalue weighted by Gasteiger charge is -2.36. The van der Waals surface area contributed by atoms with E-state index in [9.17, 15) is 18.0 Å². The van der Waals surface area contributed by atoms with Gasteiger partial charge in [0.05, 0.1) is 11.9 Å². The minimum atomic E-state index is -3.20. The van der Waals surface area contributed by atoms with Gasteiger partial charge in [0.2, 0.25) is 5.91 Å². The maximum Gasteiger partial charge on any atom is 0.405 e. The van der Waals surface area contributed by atoms with Crippen molar-refractivity contribution in [2.45, 2.75) is 43.9 Å². The Morgan fingerprint density at radius 3 is 2.56 bits per heavy atom. The van der Waals surface area contributed by atoms with E-state index >= 15 is 0 Å². The van der Waals surface area contributed by atoms with Gasteiger partial charge in [-0.05, 0) is 43.6 Å². The van der Waals surface area contributed by atoms with E-state index in [-0.39, 0.29) is 23.8 Å². The lowest BCUT2D eigenvalue weighted by Crippen LogP contribution is -2.53. The van der Waals surface area contributed by atoms with Crippen LogP contribution in [0.4, 0.5) is 4.79 Å². The summed E-state index contributed by atoms with van der Waals surface area (Å²) in [6, 6.07) is -1.15. The van der Waals surface area contributed by atoms with E-state index in [2.05, 4.69) is 10.6 Å². The Labute approximate surface area is 153 Å². The zero-order valence-electron chi connectivity index (χ0n) is 14.9. The van der Waals surface area contributed by atoms with Crippen molar-refractivity contribution in [3.05, 3.63) is 0 Å². The molecule has 0 saturated heterocycles. The number of rotatable bonds is 9. The smallest absolute Gasteiger partial charge is 0.405 e. The van der Waals surface area contributed by atoms with E-state index in [1.165, 1.54) is 18.0 Å². The van der Waals surface area contributed by atoms with Gasteiger partial charge in [0.1, 0.15) is 15.9 Å². The third-order valence-corrected chi connectivity index (χ3v) is 6.01. The highest BCUT2D eigenvalue weighted by Crippen LogP contribution is 2.28. The predicted octanol–water partition coefficient (Wildman–Crippen LogP) is 0.720. The average Bonchev–Trinajstić information content (AvgIpc) is 2.51. The minimum absolute atomic E-state index is 0.0238. The number of sulfone groups is 1. The van der Waals surface area contributed by atoms with Gasteiger partial charge in [-0.15, -0.1) is 0 Å². The van der Waals surface area contributed by atoms with Crippen molar-refractivity contribution in [3.8, 4) is 0 Å². The first-order valence-electron chi connectivity index (χ1n) is 8.15. The predicted molar refractivity (Wildman–Crippen MR) is 97.7 cm³/mol. The number of ether oxygens (including phenoxy) is 1.